The molecular formula is C14H16BrCl2NO2. The van der Waals surface area contributed by atoms with E-state index < -0.39 is 0 Å². The molecule has 0 unspecified atom stereocenters. The van der Waals surface area contributed by atoms with E-state index in [0.717, 1.165) is 28.1 Å². The first-order valence-corrected chi connectivity index (χ1v) is 7.11. The molecular weight excluding hydrogens is 365 g/mol. The van der Waals surface area contributed by atoms with Gasteiger partial charge in [-0.1, -0.05) is 27.5 Å². The number of hydrogen-bond donors (Lipinski definition) is 1. The van der Waals surface area contributed by atoms with Crippen molar-refractivity contribution < 1.29 is 9.15 Å². The second-order valence-corrected chi connectivity index (χ2v) is 5.38. The van der Waals surface area contributed by atoms with Crippen LogP contribution in [0, 0.1) is 0 Å². The molecule has 0 saturated heterocycles. The van der Waals surface area contributed by atoms with Crippen molar-refractivity contribution in [2.45, 2.75) is 6.54 Å². The van der Waals surface area contributed by atoms with Gasteiger partial charge in [0.15, 0.2) is 0 Å². The van der Waals surface area contributed by atoms with Crippen LogP contribution in [0.1, 0.15) is 5.76 Å². The van der Waals surface area contributed by atoms with Gasteiger partial charge in [-0.2, -0.15) is 0 Å². The summed E-state index contributed by atoms with van der Waals surface area (Å²) in [5.74, 6) is 1.66. The van der Waals surface area contributed by atoms with Gasteiger partial charge < -0.3 is 14.5 Å². The Hall–Kier alpha value is -0.520. The summed E-state index contributed by atoms with van der Waals surface area (Å²) in [6.45, 7) is 2.16. The quantitative estimate of drug-likeness (QED) is 0.748. The highest BCUT2D eigenvalue weighted by molar-refractivity contribution is 9.10. The second kappa shape index (κ2) is 8.70. The standard InChI is InChI=1S/C14H15BrClNO2.ClH/c1-18-7-6-17-9-11-3-5-14(19-11)12-4-2-10(15)8-13(12)16;/h2-5,8,17H,6-7,9H2,1H3;1H. The van der Waals surface area contributed by atoms with E-state index in [4.69, 9.17) is 20.8 Å². The number of nitrogens with one attached hydrogen (secondary N) is 1. The zero-order chi connectivity index (χ0) is 13.7. The van der Waals surface area contributed by atoms with Gasteiger partial charge in [-0.05, 0) is 30.3 Å². The Kier molecular flexibility index (Phi) is 7.62. The fraction of sp³-hybridized carbons (Fsp3) is 0.286. The molecule has 1 aromatic heterocycles. The third kappa shape index (κ3) is 4.79. The molecule has 0 amide bonds. The highest BCUT2D eigenvalue weighted by Gasteiger charge is 2.08. The van der Waals surface area contributed by atoms with Crippen molar-refractivity contribution in [3.05, 3.63) is 45.6 Å². The van der Waals surface area contributed by atoms with Crippen LogP contribution in [0.5, 0.6) is 0 Å². The average Bonchev–Trinajstić information content (AvgIpc) is 2.83. The molecule has 20 heavy (non-hydrogen) atoms. The Balaban J connectivity index is 0.00000200. The Morgan fingerprint density at radius 3 is 2.80 bits per heavy atom. The fourth-order valence-electron chi connectivity index (χ4n) is 1.69. The van der Waals surface area contributed by atoms with Crippen molar-refractivity contribution in [3.8, 4) is 11.3 Å². The molecule has 0 aliphatic heterocycles. The third-order valence-electron chi connectivity index (χ3n) is 2.64. The first kappa shape index (κ1) is 17.5. The van der Waals surface area contributed by atoms with Crippen LogP contribution in [0.25, 0.3) is 11.3 Å². The van der Waals surface area contributed by atoms with Crippen molar-refractivity contribution in [2.24, 2.45) is 0 Å². The maximum atomic E-state index is 6.20. The van der Waals surface area contributed by atoms with Gasteiger partial charge in [-0.15, -0.1) is 12.4 Å². The Morgan fingerprint density at radius 1 is 1.30 bits per heavy atom. The van der Waals surface area contributed by atoms with Gasteiger partial charge in [-0.25, -0.2) is 0 Å². The van der Waals surface area contributed by atoms with Gasteiger partial charge in [-0.3, -0.25) is 0 Å². The van der Waals surface area contributed by atoms with E-state index in [2.05, 4.69) is 21.2 Å². The molecule has 0 fully saturated rings. The Bertz CT molecular complexity index is 546. The summed E-state index contributed by atoms with van der Waals surface area (Å²) in [6.07, 6.45) is 0. The van der Waals surface area contributed by atoms with Gasteiger partial charge in [0, 0.05) is 23.7 Å². The topological polar surface area (TPSA) is 34.4 Å². The van der Waals surface area contributed by atoms with Gasteiger partial charge >= 0.3 is 0 Å². The smallest absolute Gasteiger partial charge is 0.135 e. The number of benzene rings is 1. The number of rotatable bonds is 6. The van der Waals surface area contributed by atoms with Crippen molar-refractivity contribution in [2.75, 3.05) is 20.3 Å². The molecule has 0 spiro atoms. The van der Waals surface area contributed by atoms with Gasteiger partial charge in [0.25, 0.3) is 0 Å². The maximum Gasteiger partial charge on any atom is 0.135 e. The molecule has 0 bridgehead atoms. The molecule has 0 atom stereocenters. The van der Waals surface area contributed by atoms with Crippen LogP contribution in [0.2, 0.25) is 5.02 Å². The summed E-state index contributed by atoms with van der Waals surface area (Å²) in [6, 6.07) is 9.62. The minimum Gasteiger partial charge on any atom is -0.460 e. The molecule has 0 aliphatic rings. The number of ether oxygens (including phenoxy) is 1. The van der Waals surface area contributed by atoms with E-state index in [0.29, 0.717) is 18.2 Å². The first-order chi connectivity index (χ1) is 9.20. The first-order valence-electron chi connectivity index (χ1n) is 5.94. The van der Waals surface area contributed by atoms with Crippen LogP contribution in [-0.4, -0.2) is 20.3 Å². The lowest BCUT2D eigenvalue weighted by molar-refractivity contribution is 0.198. The van der Waals surface area contributed by atoms with E-state index in [-0.39, 0.29) is 12.4 Å². The molecule has 110 valence electrons. The second-order valence-electron chi connectivity index (χ2n) is 4.06. The van der Waals surface area contributed by atoms with Crippen LogP contribution >= 0.6 is 39.9 Å². The molecule has 1 heterocycles. The minimum atomic E-state index is 0. The molecule has 1 N–H and O–H groups in total. The molecule has 0 radical (unpaired) electrons. The molecule has 1 aromatic carbocycles. The summed E-state index contributed by atoms with van der Waals surface area (Å²) < 4.78 is 11.7. The normalized spacial score (nSPS) is 10.3. The summed E-state index contributed by atoms with van der Waals surface area (Å²) in [4.78, 5) is 0. The van der Waals surface area contributed by atoms with E-state index in [1.165, 1.54) is 0 Å². The highest BCUT2D eigenvalue weighted by atomic mass is 79.9. The van der Waals surface area contributed by atoms with Crippen LogP contribution < -0.4 is 5.32 Å². The van der Waals surface area contributed by atoms with Gasteiger partial charge in [0.1, 0.15) is 11.5 Å². The third-order valence-corrected chi connectivity index (χ3v) is 3.45. The zero-order valence-corrected chi connectivity index (χ0v) is 14.1. The van der Waals surface area contributed by atoms with E-state index in [1.54, 1.807) is 7.11 Å². The van der Waals surface area contributed by atoms with E-state index >= 15 is 0 Å². The highest BCUT2D eigenvalue weighted by Crippen LogP contribution is 2.31. The number of hydrogen-bond acceptors (Lipinski definition) is 3. The van der Waals surface area contributed by atoms with Crippen LogP contribution in [0.4, 0.5) is 0 Å². The van der Waals surface area contributed by atoms with Crippen molar-refractivity contribution in [1.29, 1.82) is 0 Å². The zero-order valence-electron chi connectivity index (χ0n) is 11.0. The van der Waals surface area contributed by atoms with Crippen LogP contribution in [-0.2, 0) is 11.3 Å². The average molecular weight is 381 g/mol. The van der Waals surface area contributed by atoms with E-state index in [1.807, 2.05) is 30.3 Å². The number of methoxy groups -OCH3 is 1. The largest absolute Gasteiger partial charge is 0.460 e. The number of furan rings is 1. The summed E-state index contributed by atoms with van der Waals surface area (Å²) in [5, 5.41) is 3.90. The Labute approximate surface area is 138 Å². The maximum absolute atomic E-state index is 6.20. The Morgan fingerprint density at radius 2 is 2.10 bits per heavy atom. The fourth-order valence-corrected chi connectivity index (χ4v) is 2.46. The van der Waals surface area contributed by atoms with Crippen molar-refractivity contribution >= 4 is 39.9 Å². The summed E-state index contributed by atoms with van der Waals surface area (Å²) in [7, 11) is 1.68. The lowest BCUT2D eigenvalue weighted by atomic mass is 10.2. The van der Waals surface area contributed by atoms with Gasteiger partial charge in [0.2, 0.25) is 0 Å². The molecule has 3 nitrogen and oxygen atoms in total. The monoisotopic (exact) mass is 379 g/mol. The predicted octanol–water partition coefficient (Wildman–Crippen LogP) is 4.52. The van der Waals surface area contributed by atoms with Gasteiger partial charge in [0.05, 0.1) is 18.2 Å². The number of halogens is 3. The molecule has 2 aromatic rings. The predicted molar refractivity (Wildman–Crippen MR) is 87.7 cm³/mol. The minimum absolute atomic E-state index is 0. The van der Waals surface area contributed by atoms with Crippen molar-refractivity contribution in [3.63, 3.8) is 0 Å². The molecule has 2 rings (SSSR count). The molecule has 6 heteroatoms. The van der Waals surface area contributed by atoms with E-state index in [9.17, 15) is 0 Å². The summed E-state index contributed by atoms with van der Waals surface area (Å²) >= 11 is 9.58. The molecule has 0 saturated carbocycles. The lowest BCUT2D eigenvalue weighted by Gasteiger charge is -2.03. The molecule has 0 aliphatic carbocycles. The SMILES string of the molecule is COCCNCc1ccc(-c2ccc(Br)cc2Cl)o1.Cl. The van der Waals surface area contributed by atoms with Crippen LogP contribution in [0.3, 0.4) is 0 Å². The van der Waals surface area contributed by atoms with Crippen molar-refractivity contribution in [1.82, 2.24) is 5.32 Å². The summed E-state index contributed by atoms with van der Waals surface area (Å²) in [5.41, 5.74) is 0.896. The van der Waals surface area contributed by atoms with Crippen LogP contribution in [0.15, 0.2) is 39.2 Å². The lowest BCUT2D eigenvalue weighted by Crippen LogP contribution is -2.18.